The van der Waals surface area contributed by atoms with Crippen LogP contribution in [0.4, 0.5) is 0 Å². The lowest BCUT2D eigenvalue weighted by Crippen LogP contribution is -2.25. The third-order valence-electron chi connectivity index (χ3n) is 3.04. The average molecular weight is 293 g/mol. The van der Waals surface area contributed by atoms with E-state index in [0.29, 0.717) is 5.25 Å². The minimum absolute atomic E-state index is 0.158. The third-order valence-corrected chi connectivity index (χ3v) is 5.14. The van der Waals surface area contributed by atoms with Crippen molar-refractivity contribution in [1.82, 2.24) is 0 Å². The van der Waals surface area contributed by atoms with Gasteiger partial charge in [-0.15, -0.1) is 11.8 Å². The lowest BCUT2D eigenvalue weighted by molar-refractivity contribution is 0.413. The van der Waals surface area contributed by atoms with Gasteiger partial charge in [0.25, 0.3) is 0 Å². The molecule has 1 heterocycles. The lowest BCUT2D eigenvalue weighted by atomic mass is 10.1. The molecule has 0 aliphatic carbocycles. The molecule has 0 aliphatic heterocycles. The highest BCUT2D eigenvalue weighted by Gasteiger charge is 2.20. The maximum absolute atomic E-state index is 6.28. The van der Waals surface area contributed by atoms with Gasteiger partial charge in [0.15, 0.2) is 0 Å². The van der Waals surface area contributed by atoms with E-state index in [9.17, 15) is 0 Å². The molecule has 0 spiro atoms. The van der Waals surface area contributed by atoms with Crippen LogP contribution in [0.15, 0.2) is 46.0 Å². The fourth-order valence-corrected chi connectivity index (χ4v) is 3.94. The fourth-order valence-electron chi connectivity index (χ4n) is 1.87. The summed E-state index contributed by atoms with van der Waals surface area (Å²) >= 11 is 3.53. The monoisotopic (exact) mass is 293 g/mol. The van der Waals surface area contributed by atoms with Crippen molar-refractivity contribution in [1.29, 1.82) is 0 Å². The molecular weight excluding hydrogens is 274 g/mol. The second-order valence-electron chi connectivity index (χ2n) is 4.35. The van der Waals surface area contributed by atoms with Crippen molar-refractivity contribution in [3.8, 4) is 5.75 Å². The summed E-state index contributed by atoms with van der Waals surface area (Å²) in [6.07, 6.45) is 0.970. The highest BCUT2D eigenvalue weighted by atomic mass is 32.2. The van der Waals surface area contributed by atoms with Crippen molar-refractivity contribution in [2.75, 3.05) is 7.11 Å². The van der Waals surface area contributed by atoms with Crippen molar-refractivity contribution in [2.45, 2.75) is 29.5 Å². The van der Waals surface area contributed by atoms with Gasteiger partial charge < -0.3 is 10.5 Å². The second-order valence-corrected chi connectivity index (χ2v) is 6.34. The molecule has 19 heavy (non-hydrogen) atoms. The van der Waals surface area contributed by atoms with Gasteiger partial charge in [0.2, 0.25) is 0 Å². The minimum atomic E-state index is 0.158. The molecule has 0 saturated heterocycles. The first-order valence-corrected chi connectivity index (χ1v) is 8.15. The Labute approximate surface area is 123 Å². The van der Waals surface area contributed by atoms with Crippen molar-refractivity contribution in [3.63, 3.8) is 0 Å². The lowest BCUT2D eigenvalue weighted by Gasteiger charge is -2.22. The van der Waals surface area contributed by atoms with E-state index in [1.807, 2.05) is 23.9 Å². The Morgan fingerprint density at radius 3 is 2.84 bits per heavy atom. The van der Waals surface area contributed by atoms with E-state index in [-0.39, 0.29) is 6.04 Å². The van der Waals surface area contributed by atoms with E-state index in [2.05, 4.69) is 35.9 Å². The number of nitrogens with two attached hydrogens (primary N) is 1. The number of ether oxygens (including phenoxy) is 1. The van der Waals surface area contributed by atoms with Gasteiger partial charge in [-0.05, 0) is 47.0 Å². The smallest absolute Gasteiger partial charge is 0.119 e. The average Bonchev–Trinajstić information content (AvgIpc) is 2.98. The summed E-state index contributed by atoms with van der Waals surface area (Å²) in [6.45, 7) is 2.14. The highest BCUT2D eigenvalue weighted by molar-refractivity contribution is 7.99. The minimum Gasteiger partial charge on any atom is -0.497 e. The van der Waals surface area contributed by atoms with Crippen LogP contribution in [0.5, 0.6) is 5.75 Å². The van der Waals surface area contributed by atoms with Gasteiger partial charge in [-0.25, -0.2) is 0 Å². The Bertz CT molecular complexity index is 499. The van der Waals surface area contributed by atoms with Gasteiger partial charge in [0.1, 0.15) is 5.75 Å². The molecule has 2 atom stereocenters. The molecule has 0 saturated carbocycles. The number of hydrogen-bond acceptors (Lipinski definition) is 4. The SMILES string of the molecule is CCC(N)C(Sc1cccc(OC)c1)c1ccsc1. The highest BCUT2D eigenvalue weighted by Crippen LogP contribution is 2.39. The summed E-state index contributed by atoms with van der Waals surface area (Å²) in [5.41, 5.74) is 7.59. The topological polar surface area (TPSA) is 35.2 Å². The van der Waals surface area contributed by atoms with Gasteiger partial charge in [-0.3, -0.25) is 0 Å². The van der Waals surface area contributed by atoms with Crippen LogP contribution in [0.3, 0.4) is 0 Å². The standard InChI is InChI=1S/C15H19NOS2/c1-3-14(16)15(11-7-8-18-10-11)19-13-6-4-5-12(9-13)17-2/h4-10,14-15H,3,16H2,1-2H3. The molecule has 0 aliphatic rings. The first-order chi connectivity index (χ1) is 9.24. The molecule has 0 radical (unpaired) electrons. The summed E-state index contributed by atoms with van der Waals surface area (Å²) in [7, 11) is 1.69. The molecule has 1 aromatic carbocycles. The molecule has 4 heteroatoms. The van der Waals surface area contributed by atoms with E-state index in [1.54, 1.807) is 18.4 Å². The van der Waals surface area contributed by atoms with Crippen LogP contribution in [0.1, 0.15) is 24.2 Å². The molecule has 0 bridgehead atoms. The molecule has 2 rings (SSSR count). The van der Waals surface area contributed by atoms with E-state index < -0.39 is 0 Å². The summed E-state index contributed by atoms with van der Waals surface area (Å²) in [5, 5.41) is 4.59. The zero-order valence-corrected chi connectivity index (χ0v) is 12.8. The number of methoxy groups -OCH3 is 1. The number of hydrogen-bond donors (Lipinski definition) is 1. The van der Waals surface area contributed by atoms with E-state index in [0.717, 1.165) is 12.2 Å². The Morgan fingerprint density at radius 2 is 2.21 bits per heavy atom. The van der Waals surface area contributed by atoms with Crippen molar-refractivity contribution < 1.29 is 4.74 Å². The third kappa shape index (κ3) is 3.75. The molecule has 2 N–H and O–H groups in total. The van der Waals surface area contributed by atoms with Crippen LogP contribution in [-0.2, 0) is 0 Å². The maximum atomic E-state index is 6.28. The number of thiophene rings is 1. The number of thioether (sulfide) groups is 1. The van der Waals surface area contributed by atoms with Crippen molar-refractivity contribution in [3.05, 3.63) is 46.7 Å². The summed E-state index contributed by atoms with van der Waals surface area (Å²) in [6, 6.07) is 10.5. The first-order valence-electron chi connectivity index (χ1n) is 6.33. The zero-order chi connectivity index (χ0) is 13.7. The van der Waals surface area contributed by atoms with Crippen LogP contribution < -0.4 is 10.5 Å². The number of rotatable bonds is 6. The quantitative estimate of drug-likeness (QED) is 0.805. The Morgan fingerprint density at radius 1 is 1.37 bits per heavy atom. The zero-order valence-electron chi connectivity index (χ0n) is 11.2. The molecule has 2 nitrogen and oxygen atoms in total. The van der Waals surface area contributed by atoms with Gasteiger partial charge in [0.05, 0.1) is 12.4 Å². The van der Waals surface area contributed by atoms with Crippen LogP contribution in [0.2, 0.25) is 0 Å². The normalized spacial score (nSPS) is 14.1. The Kier molecular flexibility index (Phi) is 5.31. The predicted octanol–water partition coefficient (Wildman–Crippen LogP) is 4.33. The molecule has 102 valence electrons. The summed E-state index contributed by atoms with van der Waals surface area (Å²) < 4.78 is 5.27. The molecule has 0 amide bonds. The maximum Gasteiger partial charge on any atom is 0.119 e. The molecule has 2 unspecified atom stereocenters. The van der Waals surface area contributed by atoms with E-state index >= 15 is 0 Å². The van der Waals surface area contributed by atoms with Gasteiger partial charge in [-0.2, -0.15) is 11.3 Å². The Hall–Kier alpha value is -0.970. The fraction of sp³-hybridized carbons (Fsp3) is 0.333. The molecule has 2 aromatic rings. The number of benzene rings is 1. The van der Waals surface area contributed by atoms with E-state index in [1.165, 1.54) is 10.5 Å². The second kappa shape index (κ2) is 6.98. The largest absolute Gasteiger partial charge is 0.497 e. The Balaban J connectivity index is 2.20. The van der Waals surface area contributed by atoms with Crippen LogP contribution in [0, 0.1) is 0 Å². The van der Waals surface area contributed by atoms with Crippen LogP contribution in [-0.4, -0.2) is 13.2 Å². The van der Waals surface area contributed by atoms with Crippen LogP contribution in [0.25, 0.3) is 0 Å². The van der Waals surface area contributed by atoms with Crippen LogP contribution >= 0.6 is 23.1 Å². The van der Waals surface area contributed by atoms with E-state index in [4.69, 9.17) is 10.5 Å². The predicted molar refractivity (Wildman–Crippen MR) is 84.2 cm³/mol. The molecule has 1 aromatic heterocycles. The van der Waals surface area contributed by atoms with Gasteiger partial charge in [0, 0.05) is 10.9 Å². The van der Waals surface area contributed by atoms with Crippen molar-refractivity contribution in [2.24, 2.45) is 5.73 Å². The first kappa shape index (κ1) is 14.4. The van der Waals surface area contributed by atoms with Gasteiger partial charge in [-0.1, -0.05) is 13.0 Å². The molecule has 0 fully saturated rings. The van der Waals surface area contributed by atoms with Gasteiger partial charge >= 0.3 is 0 Å². The summed E-state index contributed by atoms with van der Waals surface area (Å²) in [4.78, 5) is 1.19. The summed E-state index contributed by atoms with van der Waals surface area (Å²) in [5.74, 6) is 0.888. The van der Waals surface area contributed by atoms with Crippen molar-refractivity contribution >= 4 is 23.1 Å². The molecular formula is C15H19NOS2.